The predicted molar refractivity (Wildman–Crippen MR) is 112 cm³/mol. The number of sulfonamides is 2. The zero-order valence-electron chi connectivity index (χ0n) is 16.3. The van der Waals surface area contributed by atoms with Crippen LogP contribution in [0.3, 0.4) is 0 Å². The number of hydrogen-bond donors (Lipinski definition) is 1. The summed E-state index contributed by atoms with van der Waals surface area (Å²) in [4.78, 5) is 2.28. The van der Waals surface area contributed by atoms with E-state index >= 15 is 0 Å². The number of likely N-dealkylation sites (tertiary alicyclic amines) is 1. The molecule has 1 atom stereocenters. The van der Waals surface area contributed by atoms with Gasteiger partial charge in [-0.3, -0.25) is 4.90 Å². The molecule has 3 heterocycles. The van der Waals surface area contributed by atoms with Crippen molar-refractivity contribution in [3.63, 3.8) is 0 Å². The molecule has 0 saturated carbocycles. The van der Waals surface area contributed by atoms with Gasteiger partial charge in [0, 0.05) is 45.3 Å². The quantitative estimate of drug-likeness (QED) is 0.588. The molecule has 3 rings (SSSR count). The summed E-state index contributed by atoms with van der Waals surface area (Å²) < 4.78 is 54.9. The first-order valence-electron chi connectivity index (χ1n) is 9.81. The van der Waals surface area contributed by atoms with E-state index in [2.05, 4.69) is 17.1 Å². The highest BCUT2D eigenvalue weighted by molar-refractivity contribution is 7.91. The van der Waals surface area contributed by atoms with Crippen LogP contribution in [0.25, 0.3) is 0 Å². The lowest BCUT2D eigenvalue weighted by atomic mass is 10.2. The molecule has 0 bridgehead atoms. The second-order valence-electron chi connectivity index (χ2n) is 7.18. The van der Waals surface area contributed by atoms with Gasteiger partial charge < -0.3 is 5.32 Å². The first-order chi connectivity index (χ1) is 13.3. The largest absolute Gasteiger partial charge is 0.314 e. The second kappa shape index (κ2) is 9.50. The topological polar surface area (TPSA) is 90.0 Å². The smallest absolute Gasteiger partial charge is 0.252 e. The first kappa shape index (κ1) is 22.1. The Bertz CT molecular complexity index is 821. The van der Waals surface area contributed by atoms with Gasteiger partial charge in [0.25, 0.3) is 10.0 Å². The minimum Gasteiger partial charge on any atom is -0.314 e. The van der Waals surface area contributed by atoms with Crippen molar-refractivity contribution in [2.75, 3.05) is 58.1 Å². The van der Waals surface area contributed by atoms with E-state index in [9.17, 15) is 16.8 Å². The van der Waals surface area contributed by atoms with Gasteiger partial charge in [0.2, 0.25) is 10.0 Å². The van der Waals surface area contributed by atoms with Crippen molar-refractivity contribution in [1.29, 1.82) is 0 Å². The number of nitrogens with one attached hydrogen (secondary N) is 1. The summed E-state index contributed by atoms with van der Waals surface area (Å²) in [7, 11) is -7.18. The standard InChI is InChI=1S/C17H30N4O4S3/c1-2-19-9-3-5-16(19)15-21(28(24,25)17-6-4-13-26-17)12-14-27(22,23)20-10-7-18-8-11-20/h4,6,13,16,18H,2-3,5,7-12,14-15H2,1H3. The summed E-state index contributed by atoms with van der Waals surface area (Å²) in [6.45, 7) is 6.37. The minimum absolute atomic E-state index is 0.0133. The highest BCUT2D eigenvalue weighted by atomic mass is 32.2. The lowest BCUT2D eigenvalue weighted by Gasteiger charge is -2.31. The van der Waals surface area contributed by atoms with Crippen LogP contribution >= 0.6 is 11.3 Å². The van der Waals surface area contributed by atoms with Crippen LogP contribution < -0.4 is 5.32 Å². The van der Waals surface area contributed by atoms with E-state index in [4.69, 9.17) is 0 Å². The Labute approximate surface area is 172 Å². The third-order valence-corrected chi connectivity index (χ3v) is 10.6. The molecular weight excluding hydrogens is 420 g/mol. The number of nitrogens with zero attached hydrogens (tertiary/aromatic N) is 3. The molecule has 160 valence electrons. The van der Waals surface area contributed by atoms with Crippen LogP contribution in [0.2, 0.25) is 0 Å². The van der Waals surface area contributed by atoms with Gasteiger partial charge >= 0.3 is 0 Å². The molecule has 1 unspecified atom stereocenters. The number of thiophene rings is 1. The lowest BCUT2D eigenvalue weighted by Crippen LogP contribution is -2.49. The molecule has 0 aromatic carbocycles. The Morgan fingerprint density at radius 3 is 2.61 bits per heavy atom. The molecule has 0 amide bonds. The number of piperazine rings is 1. The maximum Gasteiger partial charge on any atom is 0.252 e. The van der Waals surface area contributed by atoms with Gasteiger partial charge in [0.15, 0.2) is 0 Å². The highest BCUT2D eigenvalue weighted by Gasteiger charge is 2.34. The zero-order valence-corrected chi connectivity index (χ0v) is 18.7. The maximum atomic E-state index is 13.2. The number of hydrogen-bond acceptors (Lipinski definition) is 7. The zero-order chi connectivity index (χ0) is 20.2. The Hall–Kier alpha value is -0.560. The number of rotatable bonds is 9. The molecule has 11 heteroatoms. The van der Waals surface area contributed by atoms with E-state index in [1.165, 1.54) is 19.9 Å². The average Bonchev–Trinajstić information content (AvgIpc) is 3.37. The molecule has 2 aliphatic rings. The SMILES string of the molecule is CCN1CCCC1CN(CCS(=O)(=O)N1CCNCC1)S(=O)(=O)c1cccs1. The predicted octanol–water partition coefficient (Wildman–Crippen LogP) is 0.458. The molecule has 0 spiro atoms. The average molecular weight is 451 g/mol. The van der Waals surface area contributed by atoms with Crippen molar-refractivity contribution in [2.45, 2.75) is 30.0 Å². The summed E-state index contributed by atoms with van der Waals surface area (Å²) in [5.41, 5.74) is 0. The van der Waals surface area contributed by atoms with E-state index in [1.807, 2.05) is 0 Å². The minimum atomic E-state index is -3.70. The third-order valence-electron chi connectivity index (χ3n) is 5.48. The third kappa shape index (κ3) is 5.13. The summed E-state index contributed by atoms with van der Waals surface area (Å²) in [5, 5.41) is 4.87. The van der Waals surface area contributed by atoms with Crippen LogP contribution in [0.4, 0.5) is 0 Å². The molecule has 1 aromatic heterocycles. The molecule has 1 aromatic rings. The number of likely N-dealkylation sites (N-methyl/N-ethyl adjacent to an activating group) is 1. The van der Waals surface area contributed by atoms with Gasteiger partial charge in [-0.2, -0.15) is 8.61 Å². The van der Waals surface area contributed by atoms with Gasteiger partial charge in [-0.15, -0.1) is 11.3 Å². The first-order valence-corrected chi connectivity index (χ1v) is 13.7. The van der Waals surface area contributed by atoms with Crippen LogP contribution in [-0.2, 0) is 20.0 Å². The maximum absolute atomic E-state index is 13.2. The summed E-state index contributed by atoms with van der Waals surface area (Å²) in [5.74, 6) is -0.184. The van der Waals surface area contributed by atoms with Crippen molar-refractivity contribution in [3.8, 4) is 0 Å². The van der Waals surface area contributed by atoms with E-state index in [0.717, 1.165) is 25.9 Å². The van der Waals surface area contributed by atoms with Crippen molar-refractivity contribution < 1.29 is 16.8 Å². The second-order valence-corrected chi connectivity index (χ2v) is 12.4. The van der Waals surface area contributed by atoms with E-state index in [-0.39, 0.29) is 22.5 Å². The van der Waals surface area contributed by atoms with Crippen molar-refractivity contribution in [3.05, 3.63) is 17.5 Å². The van der Waals surface area contributed by atoms with Crippen LogP contribution in [0.15, 0.2) is 21.7 Å². The molecule has 2 fully saturated rings. The summed E-state index contributed by atoms with van der Waals surface area (Å²) in [6, 6.07) is 3.44. The lowest BCUT2D eigenvalue weighted by molar-refractivity contribution is 0.229. The Balaban J connectivity index is 1.76. The highest BCUT2D eigenvalue weighted by Crippen LogP contribution is 2.25. The van der Waals surface area contributed by atoms with Crippen molar-refractivity contribution in [1.82, 2.24) is 18.8 Å². The van der Waals surface area contributed by atoms with E-state index < -0.39 is 20.0 Å². The molecule has 2 saturated heterocycles. The van der Waals surface area contributed by atoms with E-state index in [0.29, 0.717) is 32.7 Å². The fraction of sp³-hybridized carbons (Fsp3) is 0.765. The molecule has 8 nitrogen and oxygen atoms in total. The van der Waals surface area contributed by atoms with Gasteiger partial charge in [0.05, 0.1) is 5.75 Å². The molecule has 2 aliphatic heterocycles. The molecule has 0 radical (unpaired) electrons. The normalized spacial score (nSPS) is 22.9. The van der Waals surface area contributed by atoms with Gasteiger partial charge in [-0.05, 0) is 37.4 Å². The van der Waals surface area contributed by atoms with Crippen LogP contribution in [0, 0.1) is 0 Å². The van der Waals surface area contributed by atoms with Gasteiger partial charge in [0.1, 0.15) is 4.21 Å². The van der Waals surface area contributed by atoms with Gasteiger partial charge in [-0.25, -0.2) is 16.8 Å². The van der Waals surface area contributed by atoms with Crippen LogP contribution in [0.1, 0.15) is 19.8 Å². The molecule has 1 N–H and O–H groups in total. The molecule has 0 aliphatic carbocycles. The molecular formula is C17H30N4O4S3. The van der Waals surface area contributed by atoms with Crippen LogP contribution in [-0.4, -0.2) is 94.5 Å². The van der Waals surface area contributed by atoms with E-state index in [1.54, 1.807) is 17.5 Å². The van der Waals surface area contributed by atoms with Crippen molar-refractivity contribution >= 4 is 31.4 Å². The summed E-state index contributed by atoms with van der Waals surface area (Å²) in [6.07, 6.45) is 1.99. The van der Waals surface area contributed by atoms with Gasteiger partial charge in [-0.1, -0.05) is 13.0 Å². The van der Waals surface area contributed by atoms with Crippen LogP contribution in [0.5, 0.6) is 0 Å². The Morgan fingerprint density at radius 1 is 1.21 bits per heavy atom. The molecule has 28 heavy (non-hydrogen) atoms. The Kier molecular flexibility index (Phi) is 7.51. The van der Waals surface area contributed by atoms with Crippen molar-refractivity contribution in [2.24, 2.45) is 0 Å². The summed E-state index contributed by atoms with van der Waals surface area (Å²) >= 11 is 1.17. The fourth-order valence-electron chi connectivity index (χ4n) is 3.87. The Morgan fingerprint density at radius 2 is 1.96 bits per heavy atom. The monoisotopic (exact) mass is 450 g/mol. The fourth-order valence-corrected chi connectivity index (χ4v) is 8.06.